The quantitative estimate of drug-likeness (QED) is 0.688. The molecule has 0 aromatic rings. The van der Waals surface area contributed by atoms with Gasteiger partial charge in [0, 0.05) is 12.8 Å². The molecule has 16 heavy (non-hydrogen) atoms. The molecule has 0 aliphatic heterocycles. The van der Waals surface area contributed by atoms with Gasteiger partial charge in [-0.2, -0.15) is 0 Å². The van der Waals surface area contributed by atoms with Crippen LogP contribution >= 0.6 is 0 Å². The second-order valence-corrected chi connectivity index (χ2v) is 4.16. The van der Waals surface area contributed by atoms with Gasteiger partial charge in [0.1, 0.15) is 5.78 Å². The highest BCUT2D eigenvalue weighted by Gasteiger charge is 2.38. The molecule has 1 aliphatic rings. The minimum absolute atomic E-state index is 0.117. The van der Waals surface area contributed by atoms with Crippen LogP contribution in [0.1, 0.15) is 46.0 Å². The van der Waals surface area contributed by atoms with Crippen molar-refractivity contribution in [1.82, 2.24) is 0 Å². The van der Waals surface area contributed by atoms with E-state index in [2.05, 4.69) is 9.47 Å². The molecule has 0 bridgehead atoms. The first-order valence-corrected chi connectivity index (χ1v) is 5.68. The van der Waals surface area contributed by atoms with Crippen molar-refractivity contribution in [2.24, 2.45) is 0 Å². The third-order valence-corrected chi connectivity index (χ3v) is 2.71. The molecule has 5 heteroatoms. The Morgan fingerprint density at radius 1 is 1.44 bits per heavy atom. The molecule has 0 N–H and O–H groups in total. The number of rotatable bonds is 5. The maximum atomic E-state index is 13.2. The minimum Gasteiger partial charge on any atom is -0.300 e. The number of ketones is 1. The molecule has 94 valence electrons. The number of carbonyl (C=O) groups excluding carboxylic acids is 1. The Morgan fingerprint density at radius 2 is 2.00 bits per heavy atom. The summed E-state index contributed by atoms with van der Waals surface area (Å²) < 4.78 is 35.5. The SMILES string of the molecule is CCC(C)OC(F)(F)OC1CCC(=O)CC1. The van der Waals surface area contributed by atoms with E-state index in [9.17, 15) is 13.6 Å². The van der Waals surface area contributed by atoms with Crippen LogP contribution in [0.4, 0.5) is 8.78 Å². The molecule has 0 radical (unpaired) electrons. The minimum atomic E-state index is -3.54. The average molecular weight is 236 g/mol. The van der Waals surface area contributed by atoms with Crippen LogP contribution in [0.5, 0.6) is 0 Å². The Morgan fingerprint density at radius 3 is 2.50 bits per heavy atom. The summed E-state index contributed by atoms with van der Waals surface area (Å²) >= 11 is 0. The second-order valence-electron chi connectivity index (χ2n) is 4.16. The van der Waals surface area contributed by atoms with Crippen LogP contribution in [0.15, 0.2) is 0 Å². The van der Waals surface area contributed by atoms with Gasteiger partial charge in [-0.1, -0.05) is 6.92 Å². The second kappa shape index (κ2) is 5.68. The van der Waals surface area contributed by atoms with Crippen LogP contribution in [0.2, 0.25) is 0 Å². The summed E-state index contributed by atoms with van der Waals surface area (Å²) in [5, 5.41) is 0. The number of halogens is 2. The zero-order valence-corrected chi connectivity index (χ0v) is 9.67. The van der Waals surface area contributed by atoms with E-state index in [0.717, 1.165) is 0 Å². The molecule has 0 saturated heterocycles. The van der Waals surface area contributed by atoms with Crippen LogP contribution in [0, 0.1) is 0 Å². The molecule has 0 spiro atoms. The summed E-state index contributed by atoms with van der Waals surface area (Å²) in [5.41, 5.74) is 0. The van der Waals surface area contributed by atoms with Gasteiger partial charge in [-0.3, -0.25) is 14.3 Å². The van der Waals surface area contributed by atoms with Crippen LogP contribution < -0.4 is 0 Å². The van der Waals surface area contributed by atoms with Gasteiger partial charge in [0.25, 0.3) is 0 Å². The fraction of sp³-hybridized carbons (Fsp3) is 0.909. The van der Waals surface area contributed by atoms with Gasteiger partial charge >= 0.3 is 6.29 Å². The Balaban J connectivity index is 2.36. The third kappa shape index (κ3) is 4.53. The van der Waals surface area contributed by atoms with Crippen molar-refractivity contribution < 1.29 is 23.0 Å². The highest BCUT2D eigenvalue weighted by atomic mass is 19.3. The lowest BCUT2D eigenvalue weighted by molar-refractivity contribution is -0.418. The molecule has 0 aromatic heterocycles. The molecule has 1 rings (SSSR count). The highest BCUT2D eigenvalue weighted by Crippen LogP contribution is 2.28. The number of carbonyl (C=O) groups is 1. The normalized spacial score (nSPS) is 21.1. The van der Waals surface area contributed by atoms with Gasteiger partial charge < -0.3 is 0 Å². The highest BCUT2D eigenvalue weighted by molar-refractivity contribution is 5.79. The van der Waals surface area contributed by atoms with Crippen LogP contribution in [-0.4, -0.2) is 24.3 Å². The summed E-state index contributed by atoms with van der Waals surface area (Å²) in [6, 6.07) is 0. The maximum Gasteiger partial charge on any atom is 0.486 e. The van der Waals surface area contributed by atoms with Crippen molar-refractivity contribution in [1.29, 1.82) is 0 Å². The summed E-state index contributed by atoms with van der Waals surface area (Å²) in [7, 11) is 0. The standard InChI is InChI=1S/C11H18F2O3/c1-3-8(2)15-11(12,13)16-10-6-4-9(14)5-7-10/h8,10H,3-7H2,1-2H3. The molecular formula is C11H18F2O3. The van der Waals surface area contributed by atoms with Gasteiger partial charge in [-0.25, -0.2) is 0 Å². The fourth-order valence-corrected chi connectivity index (χ4v) is 1.57. The molecule has 0 amide bonds. The van der Waals surface area contributed by atoms with Crippen molar-refractivity contribution >= 4 is 5.78 Å². The summed E-state index contributed by atoms with van der Waals surface area (Å²) in [6.07, 6.45) is -2.79. The molecule has 0 heterocycles. The summed E-state index contributed by atoms with van der Waals surface area (Å²) in [5.74, 6) is 0.117. The van der Waals surface area contributed by atoms with Crippen LogP contribution in [0.3, 0.4) is 0 Å². The van der Waals surface area contributed by atoms with E-state index < -0.39 is 18.5 Å². The fourth-order valence-electron chi connectivity index (χ4n) is 1.57. The van der Waals surface area contributed by atoms with Gasteiger partial charge in [0.2, 0.25) is 0 Å². The van der Waals surface area contributed by atoms with Crippen molar-refractivity contribution in [2.45, 2.75) is 64.5 Å². The van der Waals surface area contributed by atoms with Crippen LogP contribution in [-0.2, 0) is 14.3 Å². The van der Waals surface area contributed by atoms with E-state index in [1.54, 1.807) is 13.8 Å². The van der Waals surface area contributed by atoms with Crippen molar-refractivity contribution in [3.8, 4) is 0 Å². The lowest BCUT2D eigenvalue weighted by Crippen LogP contribution is -2.35. The van der Waals surface area contributed by atoms with E-state index >= 15 is 0 Å². The Bertz CT molecular complexity index is 233. The third-order valence-electron chi connectivity index (χ3n) is 2.71. The summed E-state index contributed by atoms with van der Waals surface area (Å²) in [6.45, 7) is 3.34. The van der Waals surface area contributed by atoms with Gasteiger partial charge in [0.05, 0.1) is 12.2 Å². The maximum absolute atomic E-state index is 13.2. The van der Waals surface area contributed by atoms with E-state index in [1.165, 1.54) is 0 Å². The van der Waals surface area contributed by atoms with E-state index in [-0.39, 0.29) is 5.78 Å². The molecule has 1 unspecified atom stereocenters. The number of ether oxygens (including phenoxy) is 2. The van der Waals surface area contributed by atoms with Crippen molar-refractivity contribution in [3.05, 3.63) is 0 Å². The van der Waals surface area contributed by atoms with E-state index in [1.807, 2.05) is 0 Å². The zero-order valence-electron chi connectivity index (χ0n) is 9.67. The van der Waals surface area contributed by atoms with Gasteiger partial charge in [-0.05, 0) is 26.2 Å². The number of Topliss-reactive ketones (excluding diaryl/α,β-unsaturated/α-hetero) is 1. The lowest BCUT2D eigenvalue weighted by Gasteiger charge is -2.27. The van der Waals surface area contributed by atoms with E-state index in [4.69, 9.17) is 0 Å². The molecule has 1 aliphatic carbocycles. The predicted octanol–water partition coefficient (Wildman–Crippen LogP) is 2.88. The molecule has 1 atom stereocenters. The zero-order chi connectivity index (χ0) is 12.2. The number of alkyl halides is 2. The Labute approximate surface area is 94.1 Å². The first-order valence-electron chi connectivity index (χ1n) is 5.68. The van der Waals surface area contributed by atoms with Gasteiger partial charge in [-0.15, -0.1) is 8.78 Å². The van der Waals surface area contributed by atoms with Crippen molar-refractivity contribution in [3.63, 3.8) is 0 Å². The smallest absolute Gasteiger partial charge is 0.300 e. The molecule has 1 saturated carbocycles. The van der Waals surface area contributed by atoms with Crippen LogP contribution in [0.25, 0.3) is 0 Å². The molecule has 0 aromatic carbocycles. The first kappa shape index (κ1) is 13.5. The topological polar surface area (TPSA) is 35.5 Å². The first-order chi connectivity index (χ1) is 7.43. The molecular weight excluding hydrogens is 218 g/mol. The Hall–Kier alpha value is -0.550. The molecule has 3 nitrogen and oxygen atoms in total. The number of hydrogen-bond acceptors (Lipinski definition) is 3. The molecule has 1 fully saturated rings. The van der Waals surface area contributed by atoms with Gasteiger partial charge in [0.15, 0.2) is 0 Å². The summed E-state index contributed by atoms with van der Waals surface area (Å²) in [4.78, 5) is 10.9. The van der Waals surface area contributed by atoms with E-state index in [0.29, 0.717) is 32.1 Å². The average Bonchev–Trinajstić information content (AvgIpc) is 2.20. The van der Waals surface area contributed by atoms with Crippen molar-refractivity contribution in [2.75, 3.05) is 0 Å². The number of hydrogen-bond donors (Lipinski definition) is 0. The monoisotopic (exact) mass is 236 g/mol. The largest absolute Gasteiger partial charge is 0.486 e. The Kier molecular flexibility index (Phi) is 4.80. The lowest BCUT2D eigenvalue weighted by atomic mass is 9.97. The predicted molar refractivity (Wildman–Crippen MR) is 54.1 cm³/mol.